The normalized spacial score (nSPS) is 10.1. The summed E-state index contributed by atoms with van der Waals surface area (Å²) in [6.45, 7) is 2.57. The van der Waals surface area contributed by atoms with Crippen LogP contribution < -0.4 is 0 Å². The molecule has 4 heteroatoms. The second-order valence-corrected chi connectivity index (χ2v) is 3.46. The van der Waals surface area contributed by atoms with Crippen LogP contribution in [-0.4, -0.2) is 29.7 Å². The maximum Gasteiger partial charge on any atom is 0.281 e. The minimum Gasteiger partial charge on any atom is -0.507 e. The molecule has 0 radical (unpaired) electrons. The zero-order valence-electron chi connectivity index (χ0n) is 9.64. The SMILES string of the molecule is CCCCN(OC)C(=O)c1ccccc1O. The van der Waals surface area contributed by atoms with Crippen LogP contribution in [0.1, 0.15) is 30.1 Å². The van der Waals surface area contributed by atoms with Gasteiger partial charge in [-0.05, 0) is 18.6 Å². The van der Waals surface area contributed by atoms with E-state index < -0.39 is 0 Å². The van der Waals surface area contributed by atoms with Crippen LogP contribution in [0.5, 0.6) is 5.75 Å². The Balaban J connectivity index is 2.79. The molecule has 1 amide bonds. The van der Waals surface area contributed by atoms with Crippen LogP contribution in [0.25, 0.3) is 0 Å². The van der Waals surface area contributed by atoms with Crippen molar-refractivity contribution in [1.29, 1.82) is 0 Å². The number of hydrogen-bond donors (Lipinski definition) is 1. The fourth-order valence-corrected chi connectivity index (χ4v) is 1.37. The Morgan fingerprint density at radius 1 is 1.44 bits per heavy atom. The fourth-order valence-electron chi connectivity index (χ4n) is 1.37. The third kappa shape index (κ3) is 2.97. The van der Waals surface area contributed by atoms with Crippen molar-refractivity contribution >= 4 is 5.91 Å². The van der Waals surface area contributed by atoms with Crippen molar-refractivity contribution in [3.63, 3.8) is 0 Å². The number of carbonyl (C=O) groups excluding carboxylic acids is 1. The third-order valence-corrected chi connectivity index (χ3v) is 2.30. The van der Waals surface area contributed by atoms with Crippen LogP contribution in [0.3, 0.4) is 0 Å². The summed E-state index contributed by atoms with van der Waals surface area (Å²) in [6, 6.07) is 6.45. The van der Waals surface area contributed by atoms with Crippen molar-refractivity contribution in [2.75, 3.05) is 13.7 Å². The summed E-state index contributed by atoms with van der Waals surface area (Å²) in [7, 11) is 1.45. The Morgan fingerprint density at radius 3 is 2.69 bits per heavy atom. The molecule has 0 unspecified atom stereocenters. The van der Waals surface area contributed by atoms with E-state index in [-0.39, 0.29) is 17.2 Å². The highest BCUT2D eigenvalue weighted by atomic mass is 16.7. The molecule has 0 aromatic heterocycles. The molecule has 4 nitrogen and oxygen atoms in total. The highest BCUT2D eigenvalue weighted by Gasteiger charge is 2.17. The van der Waals surface area contributed by atoms with Gasteiger partial charge in [0.25, 0.3) is 5.91 Å². The predicted molar refractivity (Wildman–Crippen MR) is 61.1 cm³/mol. The van der Waals surface area contributed by atoms with Gasteiger partial charge in [-0.3, -0.25) is 9.63 Å². The van der Waals surface area contributed by atoms with E-state index in [4.69, 9.17) is 4.84 Å². The van der Waals surface area contributed by atoms with Crippen molar-refractivity contribution in [2.45, 2.75) is 19.8 Å². The summed E-state index contributed by atoms with van der Waals surface area (Å²) in [5, 5.41) is 10.8. The third-order valence-electron chi connectivity index (χ3n) is 2.30. The first-order valence-electron chi connectivity index (χ1n) is 5.34. The number of phenolic OH excluding ortho intramolecular Hbond substituents is 1. The number of aromatic hydroxyl groups is 1. The zero-order valence-corrected chi connectivity index (χ0v) is 9.64. The molecule has 0 heterocycles. The van der Waals surface area contributed by atoms with E-state index in [1.807, 2.05) is 6.92 Å². The van der Waals surface area contributed by atoms with Crippen molar-refractivity contribution in [2.24, 2.45) is 0 Å². The lowest BCUT2D eigenvalue weighted by Gasteiger charge is -2.19. The molecule has 16 heavy (non-hydrogen) atoms. The Hall–Kier alpha value is -1.55. The van der Waals surface area contributed by atoms with E-state index in [2.05, 4.69) is 0 Å². The molecule has 0 saturated heterocycles. The van der Waals surface area contributed by atoms with E-state index >= 15 is 0 Å². The number of carbonyl (C=O) groups is 1. The Bertz CT molecular complexity index is 352. The molecule has 88 valence electrons. The van der Waals surface area contributed by atoms with Crippen molar-refractivity contribution in [1.82, 2.24) is 5.06 Å². The van der Waals surface area contributed by atoms with Gasteiger partial charge >= 0.3 is 0 Å². The molecule has 0 spiro atoms. The number of nitrogens with zero attached hydrogens (tertiary/aromatic N) is 1. The monoisotopic (exact) mass is 223 g/mol. The fraction of sp³-hybridized carbons (Fsp3) is 0.417. The van der Waals surface area contributed by atoms with Gasteiger partial charge in [0.05, 0.1) is 12.7 Å². The summed E-state index contributed by atoms with van der Waals surface area (Å²) in [4.78, 5) is 16.9. The summed E-state index contributed by atoms with van der Waals surface area (Å²) in [5.41, 5.74) is 0.264. The summed E-state index contributed by atoms with van der Waals surface area (Å²) >= 11 is 0. The Kier molecular flexibility index (Phi) is 4.79. The van der Waals surface area contributed by atoms with Crippen LogP contribution in [-0.2, 0) is 4.84 Å². The minimum absolute atomic E-state index is 0.0222. The maximum absolute atomic E-state index is 11.9. The molecule has 0 fully saturated rings. The van der Waals surface area contributed by atoms with Gasteiger partial charge < -0.3 is 5.11 Å². The molecule has 0 aliphatic rings. The van der Waals surface area contributed by atoms with Gasteiger partial charge in [-0.2, -0.15) is 0 Å². The highest BCUT2D eigenvalue weighted by molar-refractivity contribution is 5.96. The number of rotatable bonds is 5. The van der Waals surface area contributed by atoms with Crippen LogP contribution in [0.2, 0.25) is 0 Å². The van der Waals surface area contributed by atoms with Crippen molar-refractivity contribution in [3.8, 4) is 5.75 Å². The summed E-state index contributed by atoms with van der Waals surface area (Å²) < 4.78 is 0. The number of phenols is 1. The number of amides is 1. The number of benzene rings is 1. The Morgan fingerprint density at radius 2 is 2.12 bits per heavy atom. The van der Waals surface area contributed by atoms with E-state index in [1.165, 1.54) is 18.2 Å². The maximum atomic E-state index is 11.9. The number of unbranched alkanes of at least 4 members (excludes halogenated alkanes) is 1. The quantitative estimate of drug-likeness (QED) is 0.778. The summed E-state index contributed by atoms with van der Waals surface area (Å²) in [5.74, 6) is -0.333. The average molecular weight is 223 g/mol. The first-order valence-corrected chi connectivity index (χ1v) is 5.34. The second-order valence-electron chi connectivity index (χ2n) is 3.46. The number of hydroxylamine groups is 2. The lowest BCUT2D eigenvalue weighted by atomic mass is 10.2. The van der Waals surface area contributed by atoms with Crippen LogP contribution in [0, 0.1) is 0 Å². The second kappa shape index (κ2) is 6.12. The minimum atomic E-state index is -0.311. The van der Waals surface area contributed by atoms with Gasteiger partial charge in [-0.15, -0.1) is 0 Å². The van der Waals surface area contributed by atoms with E-state index in [1.54, 1.807) is 18.2 Å². The molecule has 1 N–H and O–H groups in total. The summed E-state index contributed by atoms with van der Waals surface area (Å²) in [6.07, 6.45) is 1.85. The van der Waals surface area contributed by atoms with Gasteiger partial charge in [0, 0.05) is 6.54 Å². The van der Waals surface area contributed by atoms with Crippen molar-refractivity contribution in [3.05, 3.63) is 29.8 Å². The van der Waals surface area contributed by atoms with Crippen LogP contribution in [0.15, 0.2) is 24.3 Å². The Labute approximate surface area is 95.4 Å². The lowest BCUT2D eigenvalue weighted by molar-refractivity contribution is -0.0956. The van der Waals surface area contributed by atoms with Gasteiger partial charge in [-0.1, -0.05) is 25.5 Å². The number of para-hydroxylation sites is 1. The predicted octanol–water partition coefficient (Wildman–Crippen LogP) is 2.20. The first-order chi connectivity index (χ1) is 7.70. The topological polar surface area (TPSA) is 49.8 Å². The molecule has 0 bridgehead atoms. The first kappa shape index (κ1) is 12.5. The molecule has 1 rings (SSSR count). The van der Waals surface area contributed by atoms with Crippen LogP contribution in [0.4, 0.5) is 0 Å². The van der Waals surface area contributed by atoms with E-state index in [0.717, 1.165) is 12.8 Å². The molecule has 1 aromatic rings. The average Bonchev–Trinajstić information content (AvgIpc) is 2.30. The molecule has 0 atom stereocenters. The lowest BCUT2D eigenvalue weighted by Crippen LogP contribution is -2.30. The van der Waals surface area contributed by atoms with Gasteiger partial charge in [0.1, 0.15) is 5.75 Å². The van der Waals surface area contributed by atoms with Crippen LogP contribution >= 0.6 is 0 Å². The van der Waals surface area contributed by atoms with Crippen molar-refractivity contribution < 1.29 is 14.7 Å². The van der Waals surface area contributed by atoms with E-state index in [9.17, 15) is 9.90 Å². The van der Waals surface area contributed by atoms with E-state index in [0.29, 0.717) is 6.54 Å². The smallest absolute Gasteiger partial charge is 0.281 e. The van der Waals surface area contributed by atoms with Gasteiger partial charge in [0.2, 0.25) is 0 Å². The zero-order chi connectivity index (χ0) is 12.0. The number of hydrogen-bond acceptors (Lipinski definition) is 3. The standard InChI is InChI=1S/C12H17NO3/c1-3-4-9-13(16-2)12(15)10-7-5-6-8-11(10)14/h5-8,14H,3-4,9H2,1-2H3. The molecular weight excluding hydrogens is 206 g/mol. The molecule has 0 saturated carbocycles. The van der Waals surface area contributed by atoms with Gasteiger partial charge in [-0.25, -0.2) is 5.06 Å². The largest absolute Gasteiger partial charge is 0.507 e. The highest BCUT2D eigenvalue weighted by Crippen LogP contribution is 2.18. The molecule has 1 aromatic carbocycles. The molecule has 0 aliphatic heterocycles. The van der Waals surface area contributed by atoms with Gasteiger partial charge in [0.15, 0.2) is 0 Å². The molecule has 0 aliphatic carbocycles. The molecular formula is C12H17NO3.